The smallest absolute Gasteiger partial charge is 0.356 e. The molecule has 1 aromatic heterocycles. The molecule has 0 spiro atoms. The van der Waals surface area contributed by atoms with Gasteiger partial charge in [-0.15, -0.1) is 0 Å². The summed E-state index contributed by atoms with van der Waals surface area (Å²) in [4.78, 5) is 22.8. The molecule has 0 aromatic carbocycles. The van der Waals surface area contributed by atoms with Gasteiger partial charge >= 0.3 is 11.2 Å². The highest BCUT2D eigenvalue weighted by Gasteiger charge is 2.16. The number of nitrogens with zero attached hydrogens (tertiary/aromatic N) is 1. The maximum absolute atomic E-state index is 10.9. The first-order valence-corrected chi connectivity index (χ1v) is 3.20. The first kappa shape index (κ1) is 8.25. The molecular formula is C6H7N3O3. The number of hydrogen-bond acceptors (Lipinski definition) is 4. The Labute approximate surface area is 67.4 Å². The van der Waals surface area contributed by atoms with Gasteiger partial charge in [-0.25, -0.2) is 0 Å². The average Bonchev–Trinajstić information content (AvgIpc) is 2.03. The van der Waals surface area contributed by atoms with E-state index in [1.165, 1.54) is 19.3 Å². The predicted molar refractivity (Wildman–Crippen MR) is 43.3 cm³/mol. The molecule has 0 aliphatic rings. The van der Waals surface area contributed by atoms with Gasteiger partial charge < -0.3 is 10.3 Å². The van der Waals surface area contributed by atoms with Gasteiger partial charge in [-0.3, -0.25) is 14.9 Å². The van der Waals surface area contributed by atoms with Crippen LogP contribution in [0, 0.1) is 10.1 Å². The summed E-state index contributed by atoms with van der Waals surface area (Å²) in [6.45, 7) is 0. The van der Waals surface area contributed by atoms with E-state index >= 15 is 0 Å². The number of aromatic amines is 1. The van der Waals surface area contributed by atoms with Gasteiger partial charge in [0.25, 0.3) is 0 Å². The lowest BCUT2D eigenvalue weighted by Gasteiger charge is -1.98. The van der Waals surface area contributed by atoms with Crippen LogP contribution in [0.25, 0.3) is 0 Å². The van der Waals surface area contributed by atoms with Crippen LogP contribution < -0.4 is 10.9 Å². The predicted octanol–water partition coefficient (Wildman–Crippen LogP) is 0.325. The van der Waals surface area contributed by atoms with Crippen molar-refractivity contribution in [1.29, 1.82) is 0 Å². The minimum absolute atomic E-state index is 0.212. The standard InChI is InChI=1S/C6H7N3O3/c1-7-4-2-3-8-6(10)5(4)9(11)12/h2-3H,1H3,(H2,7,8,10). The molecule has 6 heteroatoms. The molecule has 0 aliphatic carbocycles. The quantitative estimate of drug-likeness (QED) is 0.493. The second-order valence-electron chi connectivity index (χ2n) is 2.08. The number of nitro groups is 1. The Morgan fingerprint density at radius 2 is 2.33 bits per heavy atom. The molecule has 0 atom stereocenters. The Hall–Kier alpha value is -1.85. The van der Waals surface area contributed by atoms with Gasteiger partial charge in [-0.05, 0) is 6.07 Å². The lowest BCUT2D eigenvalue weighted by molar-refractivity contribution is -0.385. The molecular weight excluding hydrogens is 162 g/mol. The van der Waals surface area contributed by atoms with E-state index in [0.29, 0.717) is 0 Å². The van der Waals surface area contributed by atoms with Crippen LogP contribution in [0.15, 0.2) is 17.1 Å². The number of pyridine rings is 1. The SMILES string of the molecule is CNc1cc[nH]c(=O)c1[N+](=O)[O-]. The molecule has 0 saturated heterocycles. The minimum Gasteiger partial charge on any atom is -0.382 e. The Morgan fingerprint density at radius 1 is 1.67 bits per heavy atom. The molecule has 12 heavy (non-hydrogen) atoms. The number of rotatable bonds is 2. The zero-order valence-electron chi connectivity index (χ0n) is 6.33. The Morgan fingerprint density at radius 3 is 2.75 bits per heavy atom. The van der Waals surface area contributed by atoms with E-state index in [-0.39, 0.29) is 5.69 Å². The van der Waals surface area contributed by atoms with Crippen molar-refractivity contribution < 1.29 is 4.92 Å². The van der Waals surface area contributed by atoms with Crippen molar-refractivity contribution in [3.63, 3.8) is 0 Å². The normalized spacial score (nSPS) is 9.42. The Bertz CT molecular complexity index is 357. The van der Waals surface area contributed by atoms with E-state index in [2.05, 4.69) is 10.3 Å². The molecule has 0 radical (unpaired) electrons. The molecule has 2 N–H and O–H groups in total. The molecule has 0 bridgehead atoms. The van der Waals surface area contributed by atoms with Gasteiger partial charge in [-0.1, -0.05) is 0 Å². The van der Waals surface area contributed by atoms with Crippen molar-refractivity contribution in [2.45, 2.75) is 0 Å². The Balaban J connectivity index is 3.40. The first-order valence-electron chi connectivity index (χ1n) is 3.20. The third-order valence-electron chi connectivity index (χ3n) is 1.39. The van der Waals surface area contributed by atoms with Gasteiger partial charge in [-0.2, -0.15) is 0 Å². The van der Waals surface area contributed by atoms with E-state index in [0.717, 1.165) is 0 Å². The van der Waals surface area contributed by atoms with E-state index in [4.69, 9.17) is 0 Å². The summed E-state index contributed by atoms with van der Waals surface area (Å²) in [6, 6.07) is 1.43. The zero-order valence-corrected chi connectivity index (χ0v) is 6.33. The van der Waals surface area contributed by atoms with E-state index in [9.17, 15) is 14.9 Å². The second-order valence-corrected chi connectivity index (χ2v) is 2.08. The minimum atomic E-state index is -0.718. The van der Waals surface area contributed by atoms with Crippen molar-refractivity contribution in [2.24, 2.45) is 0 Å². The number of hydrogen-bond donors (Lipinski definition) is 2. The Kier molecular flexibility index (Phi) is 2.09. The number of nitrogens with one attached hydrogen (secondary N) is 2. The number of aromatic nitrogens is 1. The summed E-state index contributed by atoms with van der Waals surface area (Å²) in [7, 11) is 1.52. The average molecular weight is 169 g/mol. The van der Waals surface area contributed by atoms with Gasteiger partial charge in [0.1, 0.15) is 5.69 Å². The van der Waals surface area contributed by atoms with Crippen molar-refractivity contribution in [1.82, 2.24) is 4.98 Å². The van der Waals surface area contributed by atoms with Crippen LogP contribution in [0.3, 0.4) is 0 Å². The third-order valence-corrected chi connectivity index (χ3v) is 1.39. The van der Waals surface area contributed by atoms with E-state index < -0.39 is 16.2 Å². The van der Waals surface area contributed by atoms with Crippen molar-refractivity contribution in [3.05, 3.63) is 32.7 Å². The molecule has 0 fully saturated rings. The summed E-state index contributed by atoms with van der Waals surface area (Å²) >= 11 is 0. The third kappa shape index (κ3) is 1.26. The van der Waals surface area contributed by atoms with Gasteiger partial charge in [0.15, 0.2) is 0 Å². The molecule has 0 saturated carbocycles. The molecule has 1 aromatic rings. The molecule has 1 heterocycles. The summed E-state index contributed by atoms with van der Waals surface area (Å²) in [6.07, 6.45) is 1.35. The fraction of sp³-hybridized carbons (Fsp3) is 0.167. The van der Waals surface area contributed by atoms with E-state index in [1.807, 2.05) is 0 Å². The molecule has 6 nitrogen and oxygen atoms in total. The number of anilines is 1. The van der Waals surface area contributed by atoms with Crippen LogP contribution in [0.4, 0.5) is 11.4 Å². The van der Waals surface area contributed by atoms with Gasteiger partial charge in [0.05, 0.1) is 4.92 Å². The van der Waals surface area contributed by atoms with Gasteiger partial charge in [0.2, 0.25) is 0 Å². The van der Waals surface area contributed by atoms with Crippen LogP contribution in [0.5, 0.6) is 0 Å². The highest BCUT2D eigenvalue weighted by Crippen LogP contribution is 2.16. The molecule has 1 rings (SSSR count). The monoisotopic (exact) mass is 169 g/mol. The van der Waals surface area contributed by atoms with Crippen molar-refractivity contribution in [3.8, 4) is 0 Å². The van der Waals surface area contributed by atoms with Gasteiger partial charge in [0, 0.05) is 13.2 Å². The topological polar surface area (TPSA) is 88.0 Å². The van der Waals surface area contributed by atoms with Crippen molar-refractivity contribution in [2.75, 3.05) is 12.4 Å². The summed E-state index contributed by atoms with van der Waals surface area (Å²) in [5.41, 5.74) is -0.949. The fourth-order valence-electron chi connectivity index (χ4n) is 0.853. The van der Waals surface area contributed by atoms with Crippen LogP contribution in [-0.4, -0.2) is 17.0 Å². The fourth-order valence-corrected chi connectivity index (χ4v) is 0.853. The number of H-pyrrole nitrogens is 1. The summed E-state index contributed by atoms with van der Waals surface area (Å²) < 4.78 is 0. The van der Waals surface area contributed by atoms with Crippen LogP contribution in [0.1, 0.15) is 0 Å². The molecule has 0 amide bonds. The van der Waals surface area contributed by atoms with Crippen LogP contribution in [0.2, 0.25) is 0 Å². The highest BCUT2D eigenvalue weighted by atomic mass is 16.6. The molecule has 0 unspecified atom stereocenters. The maximum atomic E-state index is 10.9. The largest absolute Gasteiger partial charge is 0.382 e. The molecule has 64 valence electrons. The zero-order chi connectivity index (χ0) is 9.14. The van der Waals surface area contributed by atoms with Crippen LogP contribution in [-0.2, 0) is 0 Å². The second kappa shape index (κ2) is 3.04. The van der Waals surface area contributed by atoms with E-state index in [1.54, 1.807) is 0 Å². The van der Waals surface area contributed by atoms with Crippen LogP contribution >= 0.6 is 0 Å². The van der Waals surface area contributed by atoms with Crippen molar-refractivity contribution >= 4 is 11.4 Å². The first-order chi connectivity index (χ1) is 5.66. The molecule has 0 aliphatic heterocycles. The lowest BCUT2D eigenvalue weighted by atomic mass is 10.3. The highest BCUT2D eigenvalue weighted by molar-refractivity contribution is 5.58. The summed E-state index contributed by atoms with van der Waals surface area (Å²) in [5.74, 6) is 0. The summed E-state index contributed by atoms with van der Waals surface area (Å²) in [5, 5.41) is 12.9. The lowest BCUT2D eigenvalue weighted by Crippen LogP contribution is -2.12. The maximum Gasteiger partial charge on any atom is 0.356 e.